The molecule has 158 valence electrons. The van der Waals surface area contributed by atoms with E-state index in [9.17, 15) is 14.4 Å². The number of carbonyl (C=O) groups excluding carboxylic acids is 3. The molecule has 2 aromatic rings. The number of anilines is 1. The number of rotatable bonds is 8. The zero-order chi connectivity index (χ0) is 21.5. The van der Waals surface area contributed by atoms with Gasteiger partial charge in [0, 0.05) is 11.9 Å². The highest BCUT2D eigenvalue weighted by atomic mass is 32.1. The second kappa shape index (κ2) is 7.76. The minimum absolute atomic E-state index is 0.144. The van der Waals surface area contributed by atoms with Gasteiger partial charge in [0.2, 0.25) is 5.91 Å². The fourth-order valence-electron chi connectivity index (χ4n) is 3.51. The van der Waals surface area contributed by atoms with Crippen LogP contribution in [-0.2, 0) is 22.6 Å². The van der Waals surface area contributed by atoms with Gasteiger partial charge in [0.05, 0.1) is 12.1 Å². The van der Waals surface area contributed by atoms with E-state index in [-0.39, 0.29) is 18.4 Å². The summed E-state index contributed by atoms with van der Waals surface area (Å²) in [5.74, 6) is 0.0237. The van der Waals surface area contributed by atoms with Crippen LogP contribution < -0.4 is 10.6 Å². The number of nitrogens with zero attached hydrogens (tertiary/aromatic N) is 4. The summed E-state index contributed by atoms with van der Waals surface area (Å²) < 4.78 is 2.31. The summed E-state index contributed by atoms with van der Waals surface area (Å²) in [6.07, 6.45) is 3.96. The number of aromatic amines is 1. The van der Waals surface area contributed by atoms with Gasteiger partial charge in [-0.15, -0.1) is 17.9 Å². The van der Waals surface area contributed by atoms with Crippen LogP contribution in [0.5, 0.6) is 0 Å². The number of urea groups is 1. The highest BCUT2D eigenvalue weighted by Crippen LogP contribution is 2.42. The maximum Gasteiger partial charge on any atom is 0.325 e. The van der Waals surface area contributed by atoms with Crippen molar-refractivity contribution in [2.24, 2.45) is 5.92 Å². The molecule has 1 saturated heterocycles. The summed E-state index contributed by atoms with van der Waals surface area (Å²) in [4.78, 5) is 42.6. The number of nitrogens with one attached hydrogen (secondary N) is 3. The lowest BCUT2D eigenvalue weighted by Gasteiger charge is -2.20. The topological polar surface area (TPSA) is 125 Å². The van der Waals surface area contributed by atoms with Crippen LogP contribution in [0.15, 0.2) is 18.0 Å². The zero-order valence-electron chi connectivity index (χ0n) is 16.3. The Morgan fingerprint density at radius 3 is 2.97 bits per heavy atom. The molecule has 0 unspecified atom stereocenters. The normalized spacial score (nSPS) is 21.0. The number of carbonyl (C=O) groups is 3. The van der Waals surface area contributed by atoms with Crippen LogP contribution in [0.3, 0.4) is 0 Å². The van der Waals surface area contributed by atoms with Crippen molar-refractivity contribution in [3.05, 3.63) is 34.3 Å². The third-order valence-corrected chi connectivity index (χ3v) is 6.40. The molecule has 4 rings (SSSR count). The molecule has 0 radical (unpaired) electrons. The predicted molar refractivity (Wildman–Crippen MR) is 113 cm³/mol. The molecule has 1 atom stereocenters. The van der Waals surface area contributed by atoms with E-state index in [1.165, 1.54) is 11.3 Å². The summed E-state index contributed by atoms with van der Waals surface area (Å²) in [6.45, 7) is 5.61. The van der Waals surface area contributed by atoms with E-state index in [1.54, 1.807) is 13.0 Å². The van der Waals surface area contributed by atoms with Crippen molar-refractivity contribution >= 4 is 46.5 Å². The first-order valence-electron chi connectivity index (χ1n) is 9.45. The summed E-state index contributed by atoms with van der Waals surface area (Å²) in [7, 11) is 0. The Morgan fingerprint density at radius 1 is 1.50 bits per heavy atom. The zero-order valence-corrected chi connectivity index (χ0v) is 17.9. The van der Waals surface area contributed by atoms with Gasteiger partial charge in [-0.2, -0.15) is 5.10 Å². The molecule has 12 heteroatoms. The SMILES string of the molecule is C=CCn1c(Cc2csc(NC(=O)CN3C(=O)N[C@](C)(C4CC4)C3=O)n2)n[nH]c1=S. The highest BCUT2D eigenvalue weighted by molar-refractivity contribution is 7.71. The van der Waals surface area contributed by atoms with Gasteiger partial charge in [-0.1, -0.05) is 6.08 Å². The van der Waals surface area contributed by atoms with Crippen LogP contribution in [-0.4, -0.2) is 54.6 Å². The fraction of sp³-hybridized carbons (Fsp3) is 0.444. The van der Waals surface area contributed by atoms with E-state index in [4.69, 9.17) is 12.2 Å². The van der Waals surface area contributed by atoms with E-state index < -0.39 is 17.5 Å². The van der Waals surface area contributed by atoms with Crippen molar-refractivity contribution in [1.82, 2.24) is 30.0 Å². The van der Waals surface area contributed by atoms with Crippen molar-refractivity contribution in [1.29, 1.82) is 0 Å². The van der Waals surface area contributed by atoms with Crippen molar-refractivity contribution in [2.45, 2.75) is 38.3 Å². The average Bonchev–Trinajstić information content (AvgIpc) is 3.35. The summed E-state index contributed by atoms with van der Waals surface area (Å²) in [5.41, 5.74) is -0.189. The van der Waals surface area contributed by atoms with E-state index in [0.717, 1.165) is 17.7 Å². The van der Waals surface area contributed by atoms with Gasteiger partial charge in [-0.3, -0.25) is 24.2 Å². The van der Waals surface area contributed by atoms with Crippen molar-refractivity contribution in [3.8, 4) is 0 Å². The van der Waals surface area contributed by atoms with Gasteiger partial charge < -0.3 is 10.6 Å². The smallest absolute Gasteiger partial charge is 0.323 e. The van der Waals surface area contributed by atoms with E-state index in [2.05, 4.69) is 32.4 Å². The number of amides is 4. The molecule has 3 N–H and O–H groups in total. The first-order chi connectivity index (χ1) is 14.3. The van der Waals surface area contributed by atoms with Crippen LogP contribution in [0, 0.1) is 10.7 Å². The van der Waals surface area contributed by atoms with Gasteiger partial charge >= 0.3 is 6.03 Å². The molecule has 0 bridgehead atoms. The Labute approximate surface area is 181 Å². The van der Waals surface area contributed by atoms with Crippen LogP contribution in [0.2, 0.25) is 0 Å². The quantitative estimate of drug-likeness (QED) is 0.322. The number of hydrogen-bond acceptors (Lipinski definition) is 7. The molecular weight excluding hydrogens is 426 g/mol. The Kier molecular flexibility index (Phi) is 5.28. The van der Waals surface area contributed by atoms with Gasteiger partial charge in [0.25, 0.3) is 5.91 Å². The molecule has 0 spiro atoms. The van der Waals surface area contributed by atoms with E-state index in [0.29, 0.717) is 34.4 Å². The Morgan fingerprint density at radius 2 is 2.27 bits per heavy atom. The standard InChI is InChI=1S/C18H21N7O3S2/c1-3-6-24-12(22-23-17(24)29)7-11-9-30-15(19-11)20-13(26)8-25-14(27)18(2,10-4-5-10)21-16(25)28/h3,9-10H,1,4-8H2,2H3,(H,21,28)(H,23,29)(H,19,20,26)/t18-/m1/s1. The highest BCUT2D eigenvalue weighted by Gasteiger charge is 2.56. The first kappa shape index (κ1) is 20.4. The lowest BCUT2D eigenvalue weighted by atomic mass is 9.96. The number of imide groups is 1. The molecule has 2 fully saturated rings. The molecule has 2 aliphatic rings. The Bertz CT molecular complexity index is 1080. The number of aromatic nitrogens is 4. The van der Waals surface area contributed by atoms with Crippen LogP contribution in [0.25, 0.3) is 0 Å². The van der Waals surface area contributed by atoms with E-state index in [1.807, 2.05) is 9.95 Å². The third kappa shape index (κ3) is 3.79. The molecule has 10 nitrogen and oxygen atoms in total. The Hall–Kier alpha value is -2.86. The molecule has 1 saturated carbocycles. The van der Waals surface area contributed by atoms with Crippen molar-refractivity contribution in [3.63, 3.8) is 0 Å². The molecule has 0 aromatic carbocycles. The molecule has 30 heavy (non-hydrogen) atoms. The van der Waals surface area contributed by atoms with Crippen LogP contribution in [0.4, 0.5) is 9.93 Å². The predicted octanol–water partition coefficient (Wildman–Crippen LogP) is 1.83. The average molecular weight is 448 g/mol. The number of H-pyrrole nitrogens is 1. The largest absolute Gasteiger partial charge is 0.325 e. The van der Waals surface area contributed by atoms with E-state index >= 15 is 0 Å². The number of allylic oxidation sites excluding steroid dienone is 1. The van der Waals surface area contributed by atoms with Gasteiger partial charge in [-0.05, 0) is 37.9 Å². The summed E-state index contributed by atoms with van der Waals surface area (Å²) in [6, 6.07) is -0.533. The molecule has 2 aromatic heterocycles. The van der Waals surface area contributed by atoms with Crippen molar-refractivity contribution in [2.75, 3.05) is 11.9 Å². The van der Waals surface area contributed by atoms with Gasteiger partial charge in [0.1, 0.15) is 17.9 Å². The first-order valence-corrected chi connectivity index (χ1v) is 10.7. The second-order valence-electron chi connectivity index (χ2n) is 7.51. The third-order valence-electron chi connectivity index (χ3n) is 5.28. The van der Waals surface area contributed by atoms with Gasteiger partial charge in [-0.25, -0.2) is 9.78 Å². The second-order valence-corrected chi connectivity index (χ2v) is 8.76. The minimum Gasteiger partial charge on any atom is -0.323 e. The van der Waals surface area contributed by atoms with Gasteiger partial charge in [0.15, 0.2) is 9.90 Å². The monoisotopic (exact) mass is 447 g/mol. The maximum atomic E-state index is 12.6. The maximum absolute atomic E-state index is 12.6. The lowest BCUT2D eigenvalue weighted by molar-refractivity contribution is -0.134. The van der Waals surface area contributed by atoms with Crippen LogP contribution >= 0.6 is 23.6 Å². The molecular formula is C18H21N7O3S2. The summed E-state index contributed by atoms with van der Waals surface area (Å²) in [5, 5.41) is 14.5. The lowest BCUT2D eigenvalue weighted by Crippen LogP contribution is -2.46. The number of hydrogen-bond donors (Lipinski definition) is 3. The molecule has 1 aliphatic carbocycles. The minimum atomic E-state index is -0.903. The molecule has 3 heterocycles. The number of thiazole rings is 1. The summed E-state index contributed by atoms with van der Waals surface area (Å²) >= 11 is 6.45. The molecule has 1 aliphatic heterocycles. The Balaban J connectivity index is 1.38. The molecule has 4 amide bonds. The van der Waals surface area contributed by atoms with Crippen LogP contribution in [0.1, 0.15) is 31.3 Å². The van der Waals surface area contributed by atoms with Crippen molar-refractivity contribution < 1.29 is 14.4 Å². The fourth-order valence-corrected chi connectivity index (χ4v) is 4.46.